The van der Waals surface area contributed by atoms with Crippen LogP contribution in [0.2, 0.25) is 0 Å². The highest BCUT2D eigenvalue weighted by Gasteiger charge is 2.32. The molecule has 5 nitrogen and oxygen atoms in total. The molecule has 0 unspecified atom stereocenters. The maximum absolute atomic E-state index is 13.5. The molecule has 2 aromatic heterocycles. The molecule has 146 valence electrons. The van der Waals surface area contributed by atoms with Crippen LogP contribution in [0.5, 0.6) is 0 Å². The van der Waals surface area contributed by atoms with E-state index in [1.165, 1.54) is 18.2 Å². The van der Waals surface area contributed by atoms with Crippen molar-refractivity contribution in [3.63, 3.8) is 0 Å². The fourth-order valence-electron chi connectivity index (χ4n) is 3.86. The summed E-state index contributed by atoms with van der Waals surface area (Å²) in [4.78, 5) is 30.5. The normalized spacial score (nSPS) is 17.3. The zero-order valence-electron chi connectivity index (χ0n) is 15.9. The number of aryl methyl sites for hydroxylation is 1. The van der Waals surface area contributed by atoms with Crippen molar-refractivity contribution < 1.29 is 14.0 Å². The maximum atomic E-state index is 13.5. The first-order chi connectivity index (χ1) is 13.5. The van der Waals surface area contributed by atoms with E-state index in [0.29, 0.717) is 30.9 Å². The predicted molar refractivity (Wildman–Crippen MR) is 108 cm³/mol. The number of thiophene rings is 1. The van der Waals surface area contributed by atoms with Gasteiger partial charge >= 0.3 is 0 Å². The van der Waals surface area contributed by atoms with Gasteiger partial charge in [0.15, 0.2) is 0 Å². The van der Waals surface area contributed by atoms with E-state index in [1.807, 2.05) is 36.3 Å². The van der Waals surface area contributed by atoms with E-state index in [-0.39, 0.29) is 17.9 Å². The molecule has 1 aliphatic heterocycles. The molecule has 2 amide bonds. The average molecular weight is 399 g/mol. The average Bonchev–Trinajstić information content (AvgIpc) is 3.27. The second kappa shape index (κ2) is 7.39. The van der Waals surface area contributed by atoms with Crippen LogP contribution in [0.15, 0.2) is 41.8 Å². The first kappa shape index (κ1) is 18.7. The SMILES string of the molecule is CCn1c(C(=O)N2CCN(C(=O)c3cccc(F)c3)[C@H](C)C2)cc2ccsc21. The monoisotopic (exact) mass is 399 g/mol. The molecule has 3 heterocycles. The minimum atomic E-state index is -0.424. The van der Waals surface area contributed by atoms with E-state index in [0.717, 1.165) is 16.8 Å². The van der Waals surface area contributed by atoms with Crippen molar-refractivity contribution in [1.29, 1.82) is 0 Å². The highest BCUT2D eigenvalue weighted by Crippen LogP contribution is 2.27. The second-order valence-corrected chi connectivity index (χ2v) is 7.96. The molecular weight excluding hydrogens is 377 g/mol. The van der Waals surface area contributed by atoms with Crippen LogP contribution < -0.4 is 0 Å². The van der Waals surface area contributed by atoms with Crippen molar-refractivity contribution >= 4 is 33.4 Å². The molecule has 28 heavy (non-hydrogen) atoms. The first-order valence-corrected chi connectivity index (χ1v) is 10.3. The van der Waals surface area contributed by atoms with Crippen molar-refractivity contribution in [2.24, 2.45) is 0 Å². The van der Waals surface area contributed by atoms with Gasteiger partial charge in [0.25, 0.3) is 11.8 Å². The molecule has 0 saturated carbocycles. The fraction of sp³-hybridized carbons (Fsp3) is 0.333. The highest BCUT2D eigenvalue weighted by molar-refractivity contribution is 7.16. The number of carbonyl (C=O) groups excluding carboxylic acids is 2. The summed E-state index contributed by atoms with van der Waals surface area (Å²) in [5, 5.41) is 3.12. The van der Waals surface area contributed by atoms with Crippen LogP contribution in [0.3, 0.4) is 0 Å². The lowest BCUT2D eigenvalue weighted by Crippen LogP contribution is -2.55. The number of hydrogen-bond acceptors (Lipinski definition) is 3. The summed E-state index contributed by atoms with van der Waals surface area (Å²) in [6, 6.07) is 9.58. The maximum Gasteiger partial charge on any atom is 0.270 e. The largest absolute Gasteiger partial charge is 0.334 e. The van der Waals surface area contributed by atoms with E-state index >= 15 is 0 Å². The third-order valence-electron chi connectivity index (χ3n) is 5.28. The number of rotatable bonds is 3. The third-order valence-corrected chi connectivity index (χ3v) is 6.24. The van der Waals surface area contributed by atoms with Gasteiger partial charge in [0.1, 0.15) is 16.3 Å². The molecule has 1 aromatic carbocycles. The number of piperazine rings is 1. The molecule has 0 N–H and O–H groups in total. The van der Waals surface area contributed by atoms with Crippen LogP contribution in [-0.4, -0.2) is 51.9 Å². The minimum absolute atomic E-state index is 0.00467. The highest BCUT2D eigenvalue weighted by atomic mass is 32.1. The Hall–Kier alpha value is -2.67. The third kappa shape index (κ3) is 3.20. The Labute approximate surface area is 167 Å². The van der Waals surface area contributed by atoms with Gasteiger partial charge in [-0.25, -0.2) is 4.39 Å². The van der Waals surface area contributed by atoms with E-state index < -0.39 is 5.82 Å². The molecule has 1 aliphatic rings. The van der Waals surface area contributed by atoms with Crippen LogP contribution in [0.1, 0.15) is 34.7 Å². The van der Waals surface area contributed by atoms with Gasteiger partial charge in [0, 0.05) is 43.2 Å². The molecule has 0 radical (unpaired) electrons. The van der Waals surface area contributed by atoms with E-state index in [1.54, 1.807) is 22.3 Å². The van der Waals surface area contributed by atoms with Gasteiger partial charge in [0.05, 0.1) is 0 Å². The number of aromatic nitrogens is 1. The van der Waals surface area contributed by atoms with E-state index in [2.05, 4.69) is 4.57 Å². The van der Waals surface area contributed by atoms with Gasteiger partial charge in [0.2, 0.25) is 0 Å². The molecule has 1 fully saturated rings. The first-order valence-electron chi connectivity index (χ1n) is 9.42. The number of hydrogen-bond donors (Lipinski definition) is 0. The van der Waals surface area contributed by atoms with Crippen molar-refractivity contribution in [1.82, 2.24) is 14.4 Å². The molecule has 1 atom stereocenters. The Morgan fingerprint density at radius 3 is 2.71 bits per heavy atom. The molecule has 0 bridgehead atoms. The van der Waals surface area contributed by atoms with E-state index in [9.17, 15) is 14.0 Å². The number of halogens is 1. The lowest BCUT2D eigenvalue weighted by molar-refractivity contribution is 0.0409. The topological polar surface area (TPSA) is 45.6 Å². The number of nitrogens with zero attached hydrogens (tertiary/aromatic N) is 3. The van der Waals surface area contributed by atoms with E-state index in [4.69, 9.17) is 0 Å². The quantitative estimate of drug-likeness (QED) is 0.672. The number of carbonyl (C=O) groups is 2. The summed E-state index contributed by atoms with van der Waals surface area (Å²) in [6.07, 6.45) is 0. The van der Waals surface area contributed by atoms with Gasteiger partial charge < -0.3 is 14.4 Å². The fourth-order valence-corrected chi connectivity index (χ4v) is 4.82. The predicted octanol–water partition coefficient (Wildman–Crippen LogP) is 3.85. The molecule has 1 saturated heterocycles. The van der Waals surface area contributed by atoms with Crippen LogP contribution in [0, 0.1) is 5.82 Å². The molecule has 0 aliphatic carbocycles. The minimum Gasteiger partial charge on any atom is -0.334 e. The Bertz CT molecular complexity index is 1040. The Kier molecular flexibility index (Phi) is 4.93. The molecule has 0 spiro atoms. The zero-order chi connectivity index (χ0) is 19.8. The summed E-state index contributed by atoms with van der Waals surface area (Å²) in [7, 11) is 0. The number of fused-ring (bicyclic) bond motifs is 1. The summed E-state index contributed by atoms with van der Waals surface area (Å²) in [5.41, 5.74) is 1.04. The lowest BCUT2D eigenvalue weighted by atomic mass is 10.1. The van der Waals surface area contributed by atoms with Gasteiger partial charge in [-0.2, -0.15) is 0 Å². The van der Waals surface area contributed by atoms with Crippen LogP contribution in [0.4, 0.5) is 4.39 Å². The summed E-state index contributed by atoms with van der Waals surface area (Å²) < 4.78 is 15.5. The van der Waals surface area contributed by atoms with Gasteiger partial charge in [-0.1, -0.05) is 6.07 Å². The molecule has 7 heteroatoms. The number of benzene rings is 1. The van der Waals surface area contributed by atoms with Crippen LogP contribution in [0.25, 0.3) is 10.2 Å². The molecule has 3 aromatic rings. The molecule has 4 rings (SSSR count). The van der Waals surface area contributed by atoms with Crippen molar-refractivity contribution in [3.8, 4) is 0 Å². The zero-order valence-corrected chi connectivity index (χ0v) is 16.7. The Balaban J connectivity index is 1.51. The number of amides is 2. The Morgan fingerprint density at radius 1 is 1.18 bits per heavy atom. The Morgan fingerprint density at radius 2 is 2.00 bits per heavy atom. The lowest BCUT2D eigenvalue weighted by Gasteiger charge is -2.40. The van der Waals surface area contributed by atoms with Crippen molar-refractivity contribution in [2.45, 2.75) is 26.4 Å². The summed E-state index contributed by atoms with van der Waals surface area (Å²) in [6.45, 7) is 6.06. The summed E-state index contributed by atoms with van der Waals surface area (Å²) >= 11 is 1.64. The van der Waals surface area contributed by atoms with Gasteiger partial charge in [-0.05, 0) is 49.6 Å². The van der Waals surface area contributed by atoms with Crippen LogP contribution >= 0.6 is 11.3 Å². The van der Waals surface area contributed by atoms with Gasteiger partial charge in [-0.3, -0.25) is 9.59 Å². The standard InChI is InChI=1S/C21H22FN3O2S/c1-3-24-18(12-16-7-10-28-21(16)24)20(27)23-8-9-25(14(2)13-23)19(26)15-5-4-6-17(22)11-15/h4-7,10-12,14H,3,8-9,13H2,1-2H3/t14-/m1/s1. The molecular formula is C21H22FN3O2S. The smallest absolute Gasteiger partial charge is 0.270 e. The van der Waals surface area contributed by atoms with Crippen molar-refractivity contribution in [3.05, 3.63) is 58.9 Å². The van der Waals surface area contributed by atoms with Crippen LogP contribution in [-0.2, 0) is 6.54 Å². The second-order valence-electron chi connectivity index (χ2n) is 7.06. The summed E-state index contributed by atoms with van der Waals surface area (Å²) in [5.74, 6) is -0.626. The van der Waals surface area contributed by atoms with Crippen molar-refractivity contribution in [2.75, 3.05) is 19.6 Å². The van der Waals surface area contributed by atoms with Gasteiger partial charge in [-0.15, -0.1) is 11.3 Å².